The van der Waals surface area contributed by atoms with E-state index in [2.05, 4.69) is 0 Å². The normalized spacial score (nSPS) is 21.7. The highest BCUT2D eigenvalue weighted by Crippen LogP contribution is 2.37. The first-order valence-electron chi connectivity index (χ1n) is 7.42. The Hall–Kier alpha value is -2.37. The molecule has 1 atom stereocenters. The van der Waals surface area contributed by atoms with E-state index in [1.165, 1.54) is 18.2 Å². The molecule has 1 fully saturated rings. The number of nitrogens with zero attached hydrogens (tertiary/aromatic N) is 1. The van der Waals surface area contributed by atoms with Gasteiger partial charge in [-0.25, -0.2) is 0 Å². The fraction of sp³-hybridized carbons (Fsp3) is 0.438. The number of fused-ring (bicyclic) bond motifs is 1. The molecule has 1 aromatic rings. The standard InChI is InChI=1S/C16H15NO5/c18-14(9-5-2-1-3-6-9)13-15(19)10-7-4-8-11(17(21)22)12(10)16(13)20/h4,7-9,13H,1-3,5-6H2. The maximum Gasteiger partial charge on any atom is 0.280 e. The summed E-state index contributed by atoms with van der Waals surface area (Å²) in [4.78, 5) is 47.8. The van der Waals surface area contributed by atoms with Gasteiger partial charge in [0.05, 0.1) is 4.92 Å². The molecule has 0 saturated heterocycles. The highest BCUT2D eigenvalue weighted by atomic mass is 16.6. The number of carbonyl (C=O) groups is 3. The lowest BCUT2D eigenvalue weighted by Crippen LogP contribution is -2.32. The molecular weight excluding hydrogens is 286 g/mol. The molecule has 0 amide bonds. The van der Waals surface area contributed by atoms with E-state index >= 15 is 0 Å². The number of carbonyl (C=O) groups excluding carboxylic acids is 3. The van der Waals surface area contributed by atoms with Crippen LogP contribution in [0.15, 0.2) is 18.2 Å². The van der Waals surface area contributed by atoms with Crippen molar-refractivity contribution in [2.45, 2.75) is 32.1 Å². The van der Waals surface area contributed by atoms with Crippen LogP contribution in [-0.2, 0) is 4.79 Å². The molecule has 1 aromatic carbocycles. The number of nitro groups is 1. The highest BCUT2D eigenvalue weighted by Gasteiger charge is 2.48. The molecular formula is C16H15NO5. The minimum absolute atomic E-state index is 0.00774. The van der Waals surface area contributed by atoms with Gasteiger partial charge >= 0.3 is 0 Å². The van der Waals surface area contributed by atoms with Gasteiger partial charge < -0.3 is 0 Å². The first kappa shape index (κ1) is 14.6. The fourth-order valence-corrected chi connectivity index (χ4v) is 3.46. The van der Waals surface area contributed by atoms with Gasteiger partial charge in [-0.2, -0.15) is 0 Å². The number of hydrogen-bond donors (Lipinski definition) is 0. The lowest BCUT2D eigenvalue weighted by atomic mass is 9.80. The van der Waals surface area contributed by atoms with E-state index in [9.17, 15) is 24.5 Å². The van der Waals surface area contributed by atoms with Crippen LogP contribution in [0.4, 0.5) is 5.69 Å². The summed E-state index contributed by atoms with van der Waals surface area (Å²) in [5.41, 5.74) is -0.588. The van der Waals surface area contributed by atoms with Gasteiger partial charge in [-0.3, -0.25) is 24.5 Å². The molecule has 0 spiro atoms. The summed E-state index contributed by atoms with van der Waals surface area (Å²) in [7, 11) is 0. The fourth-order valence-electron chi connectivity index (χ4n) is 3.46. The summed E-state index contributed by atoms with van der Waals surface area (Å²) in [6.45, 7) is 0. The van der Waals surface area contributed by atoms with E-state index in [1.54, 1.807) is 0 Å². The van der Waals surface area contributed by atoms with Crippen molar-refractivity contribution in [3.05, 3.63) is 39.4 Å². The Morgan fingerprint density at radius 3 is 2.41 bits per heavy atom. The second kappa shape index (κ2) is 5.44. The number of benzene rings is 1. The third-order valence-electron chi connectivity index (χ3n) is 4.57. The smallest absolute Gasteiger partial charge is 0.280 e. The van der Waals surface area contributed by atoms with Gasteiger partial charge in [-0.15, -0.1) is 0 Å². The largest absolute Gasteiger partial charge is 0.298 e. The van der Waals surface area contributed by atoms with Crippen molar-refractivity contribution in [3.63, 3.8) is 0 Å². The molecule has 0 aromatic heterocycles. The molecule has 0 aliphatic heterocycles. The molecule has 1 unspecified atom stereocenters. The zero-order valence-corrected chi connectivity index (χ0v) is 11.9. The molecule has 6 nitrogen and oxygen atoms in total. The molecule has 0 radical (unpaired) electrons. The predicted molar refractivity (Wildman–Crippen MR) is 76.8 cm³/mol. The minimum atomic E-state index is -1.38. The molecule has 22 heavy (non-hydrogen) atoms. The molecule has 0 bridgehead atoms. The minimum Gasteiger partial charge on any atom is -0.298 e. The summed E-state index contributed by atoms with van der Waals surface area (Å²) in [6.07, 6.45) is 4.27. The van der Waals surface area contributed by atoms with E-state index in [-0.39, 0.29) is 22.8 Å². The van der Waals surface area contributed by atoms with Gasteiger partial charge in [0.25, 0.3) is 5.69 Å². The Kier molecular flexibility index (Phi) is 3.60. The van der Waals surface area contributed by atoms with Crippen LogP contribution in [0.25, 0.3) is 0 Å². The Bertz CT molecular complexity index is 688. The molecule has 3 rings (SSSR count). The number of rotatable bonds is 3. The number of hydrogen-bond acceptors (Lipinski definition) is 5. The molecule has 114 valence electrons. The Labute approximate surface area is 126 Å². The van der Waals surface area contributed by atoms with Crippen molar-refractivity contribution < 1.29 is 19.3 Å². The SMILES string of the molecule is O=C1c2cccc([N+](=O)[O-])c2C(=O)C1C(=O)C1CCCCC1. The van der Waals surface area contributed by atoms with Gasteiger partial charge in [-0.1, -0.05) is 31.4 Å². The monoisotopic (exact) mass is 301 g/mol. The summed E-state index contributed by atoms with van der Waals surface area (Å²) >= 11 is 0. The Morgan fingerprint density at radius 2 is 1.77 bits per heavy atom. The van der Waals surface area contributed by atoms with Crippen LogP contribution < -0.4 is 0 Å². The predicted octanol–water partition coefficient (Wildman–Crippen LogP) is 2.74. The zero-order valence-electron chi connectivity index (χ0n) is 11.9. The van der Waals surface area contributed by atoms with Crippen molar-refractivity contribution in [3.8, 4) is 0 Å². The summed E-state index contributed by atoms with van der Waals surface area (Å²) in [6, 6.07) is 3.95. The van der Waals surface area contributed by atoms with Gasteiger partial charge in [0.2, 0.25) is 0 Å². The van der Waals surface area contributed by atoms with E-state index in [4.69, 9.17) is 0 Å². The van der Waals surface area contributed by atoms with Crippen molar-refractivity contribution in [2.75, 3.05) is 0 Å². The van der Waals surface area contributed by atoms with Crippen LogP contribution in [0.2, 0.25) is 0 Å². The molecule has 1 saturated carbocycles. The van der Waals surface area contributed by atoms with Crippen LogP contribution in [0, 0.1) is 22.0 Å². The maximum atomic E-state index is 12.6. The third-order valence-corrected chi connectivity index (χ3v) is 4.57. The average molecular weight is 301 g/mol. The van der Waals surface area contributed by atoms with E-state index < -0.39 is 28.1 Å². The second-order valence-electron chi connectivity index (χ2n) is 5.86. The van der Waals surface area contributed by atoms with Gasteiger partial charge in [0.1, 0.15) is 11.5 Å². The van der Waals surface area contributed by atoms with Crippen LogP contribution in [0.5, 0.6) is 0 Å². The highest BCUT2D eigenvalue weighted by molar-refractivity contribution is 6.36. The lowest BCUT2D eigenvalue weighted by Gasteiger charge is -2.21. The van der Waals surface area contributed by atoms with E-state index in [0.29, 0.717) is 12.8 Å². The summed E-state index contributed by atoms with van der Waals surface area (Å²) in [5, 5.41) is 11.0. The Morgan fingerprint density at radius 1 is 1.09 bits per heavy atom. The molecule has 2 aliphatic carbocycles. The molecule has 2 aliphatic rings. The van der Waals surface area contributed by atoms with E-state index in [0.717, 1.165) is 19.3 Å². The van der Waals surface area contributed by atoms with Crippen molar-refractivity contribution >= 4 is 23.0 Å². The molecule has 6 heteroatoms. The van der Waals surface area contributed by atoms with Crippen molar-refractivity contribution in [1.29, 1.82) is 0 Å². The number of Topliss-reactive ketones (excluding diaryl/α,β-unsaturated/α-hetero) is 3. The number of nitro benzene ring substituents is 1. The summed E-state index contributed by atoms with van der Waals surface area (Å²) < 4.78 is 0. The topological polar surface area (TPSA) is 94.3 Å². The van der Waals surface area contributed by atoms with Gasteiger partial charge in [0, 0.05) is 17.5 Å². The first-order valence-corrected chi connectivity index (χ1v) is 7.42. The van der Waals surface area contributed by atoms with Crippen LogP contribution in [-0.4, -0.2) is 22.3 Å². The quantitative estimate of drug-likeness (QED) is 0.486. The van der Waals surface area contributed by atoms with Gasteiger partial charge in [-0.05, 0) is 12.8 Å². The maximum absolute atomic E-state index is 12.6. The van der Waals surface area contributed by atoms with Crippen LogP contribution in [0.1, 0.15) is 52.8 Å². The van der Waals surface area contributed by atoms with Crippen LogP contribution >= 0.6 is 0 Å². The Balaban J connectivity index is 1.98. The van der Waals surface area contributed by atoms with Crippen LogP contribution in [0.3, 0.4) is 0 Å². The lowest BCUT2D eigenvalue weighted by molar-refractivity contribution is -0.385. The van der Waals surface area contributed by atoms with Crippen molar-refractivity contribution in [1.82, 2.24) is 0 Å². The number of ketones is 3. The summed E-state index contributed by atoms with van der Waals surface area (Å²) in [5.74, 6) is -3.30. The second-order valence-corrected chi connectivity index (χ2v) is 5.86. The molecule has 0 N–H and O–H groups in total. The van der Waals surface area contributed by atoms with E-state index in [1.807, 2.05) is 0 Å². The average Bonchev–Trinajstić information content (AvgIpc) is 2.79. The first-order chi connectivity index (χ1) is 10.5. The molecule has 0 heterocycles. The van der Waals surface area contributed by atoms with Gasteiger partial charge in [0.15, 0.2) is 17.3 Å². The third kappa shape index (κ3) is 2.15. The van der Waals surface area contributed by atoms with Crippen molar-refractivity contribution in [2.24, 2.45) is 11.8 Å². The zero-order chi connectivity index (χ0) is 15.9.